The number of nitrogens with zero attached hydrogens (tertiary/aromatic N) is 4. The third-order valence-electron chi connectivity index (χ3n) is 3.03. The van der Waals surface area contributed by atoms with Gasteiger partial charge < -0.3 is 10.9 Å². The third kappa shape index (κ3) is 3.84. The molecule has 7 heteroatoms. The summed E-state index contributed by atoms with van der Waals surface area (Å²) in [5.41, 5.74) is 7.37. The Labute approximate surface area is 118 Å². The van der Waals surface area contributed by atoms with Gasteiger partial charge in [-0.25, -0.2) is 0 Å². The van der Waals surface area contributed by atoms with Crippen LogP contribution in [-0.4, -0.2) is 38.3 Å². The first-order chi connectivity index (χ1) is 8.90. The van der Waals surface area contributed by atoms with Gasteiger partial charge in [0.15, 0.2) is 5.84 Å². The smallest absolute Gasteiger partial charge is 0.153 e. The second-order valence-electron chi connectivity index (χ2n) is 4.75. The average Bonchev–Trinajstić information content (AvgIpc) is 2.64. The van der Waals surface area contributed by atoms with Gasteiger partial charge in [0.05, 0.1) is 23.0 Å². The molecule has 0 atom stereocenters. The first-order valence-electron chi connectivity index (χ1n) is 6.32. The molecule has 0 aliphatic carbocycles. The lowest BCUT2D eigenvalue weighted by Crippen LogP contribution is -2.38. The highest BCUT2D eigenvalue weighted by molar-refractivity contribution is 6.31. The van der Waals surface area contributed by atoms with E-state index in [9.17, 15) is 0 Å². The number of oxime groups is 1. The number of nitrogens with two attached hydrogens (primary N) is 1. The zero-order valence-electron chi connectivity index (χ0n) is 11.9. The molecule has 108 valence electrons. The normalized spacial score (nSPS) is 12.7. The van der Waals surface area contributed by atoms with Gasteiger partial charge in [0, 0.05) is 19.1 Å². The van der Waals surface area contributed by atoms with E-state index in [1.807, 2.05) is 18.5 Å². The molecule has 0 unspecified atom stereocenters. The summed E-state index contributed by atoms with van der Waals surface area (Å²) >= 11 is 6.29. The topological polar surface area (TPSA) is 79.7 Å². The number of amidine groups is 1. The maximum atomic E-state index is 8.68. The Hall–Kier alpha value is -1.27. The van der Waals surface area contributed by atoms with Crippen molar-refractivity contribution in [2.45, 2.75) is 46.8 Å². The second-order valence-corrected chi connectivity index (χ2v) is 5.13. The molecule has 1 aromatic heterocycles. The van der Waals surface area contributed by atoms with E-state index in [-0.39, 0.29) is 11.9 Å². The van der Waals surface area contributed by atoms with Crippen molar-refractivity contribution in [2.75, 3.05) is 6.54 Å². The van der Waals surface area contributed by atoms with E-state index in [2.05, 4.69) is 29.0 Å². The Morgan fingerprint density at radius 3 is 2.68 bits per heavy atom. The Balaban J connectivity index is 2.96. The molecule has 1 aromatic rings. The zero-order valence-corrected chi connectivity index (χ0v) is 12.6. The number of aryl methyl sites for hydroxylation is 2. The van der Waals surface area contributed by atoms with Crippen molar-refractivity contribution in [3.05, 3.63) is 16.4 Å². The summed E-state index contributed by atoms with van der Waals surface area (Å²) < 4.78 is 1.89. The van der Waals surface area contributed by atoms with E-state index in [1.165, 1.54) is 0 Å². The molecule has 19 heavy (non-hydrogen) atoms. The van der Waals surface area contributed by atoms with E-state index < -0.39 is 0 Å². The molecule has 0 aliphatic heterocycles. The second kappa shape index (κ2) is 6.77. The Morgan fingerprint density at radius 1 is 1.58 bits per heavy atom. The van der Waals surface area contributed by atoms with Gasteiger partial charge in [-0.2, -0.15) is 5.10 Å². The van der Waals surface area contributed by atoms with Crippen LogP contribution >= 0.6 is 11.6 Å². The molecule has 1 heterocycles. The molecule has 0 fully saturated rings. The fourth-order valence-corrected chi connectivity index (χ4v) is 2.07. The van der Waals surface area contributed by atoms with Crippen molar-refractivity contribution < 1.29 is 5.21 Å². The molecule has 0 amide bonds. The SMILES string of the molecule is CCn1nc(C)c(Cl)c1CN(CC(N)=NO)C(C)C. The van der Waals surface area contributed by atoms with Crippen LogP contribution in [0, 0.1) is 6.92 Å². The van der Waals surface area contributed by atoms with Crippen LogP contribution in [0.3, 0.4) is 0 Å². The van der Waals surface area contributed by atoms with Gasteiger partial charge in [-0.05, 0) is 27.7 Å². The molecular formula is C12H22ClN5O. The lowest BCUT2D eigenvalue weighted by molar-refractivity contribution is 0.232. The van der Waals surface area contributed by atoms with Crippen molar-refractivity contribution in [3.8, 4) is 0 Å². The average molecular weight is 288 g/mol. The van der Waals surface area contributed by atoms with E-state index in [0.29, 0.717) is 18.1 Å². The molecule has 1 rings (SSSR count). The molecule has 0 aliphatic rings. The highest BCUT2D eigenvalue weighted by atomic mass is 35.5. The van der Waals surface area contributed by atoms with Crippen LogP contribution in [0.25, 0.3) is 0 Å². The Kier molecular flexibility index (Phi) is 5.62. The Bertz CT molecular complexity index is 455. The molecular weight excluding hydrogens is 266 g/mol. The highest BCUT2D eigenvalue weighted by Gasteiger charge is 2.18. The fraction of sp³-hybridized carbons (Fsp3) is 0.667. The van der Waals surface area contributed by atoms with Crippen LogP contribution in [0.5, 0.6) is 0 Å². The zero-order chi connectivity index (χ0) is 14.6. The van der Waals surface area contributed by atoms with Crippen molar-refractivity contribution in [1.29, 1.82) is 0 Å². The molecule has 0 saturated carbocycles. The van der Waals surface area contributed by atoms with E-state index >= 15 is 0 Å². The van der Waals surface area contributed by atoms with Crippen molar-refractivity contribution in [1.82, 2.24) is 14.7 Å². The number of halogens is 1. The largest absolute Gasteiger partial charge is 0.409 e. The summed E-state index contributed by atoms with van der Waals surface area (Å²) in [5, 5.41) is 16.8. The van der Waals surface area contributed by atoms with Crippen LogP contribution in [0.4, 0.5) is 0 Å². The number of rotatable bonds is 6. The number of aromatic nitrogens is 2. The molecule has 0 spiro atoms. The quantitative estimate of drug-likeness (QED) is 0.362. The molecule has 0 aromatic carbocycles. The summed E-state index contributed by atoms with van der Waals surface area (Å²) in [6.45, 7) is 9.78. The molecule has 3 N–H and O–H groups in total. The summed E-state index contributed by atoms with van der Waals surface area (Å²) in [4.78, 5) is 2.07. The number of hydrogen-bond donors (Lipinski definition) is 2. The van der Waals surface area contributed by atoms with Crippen LogP contribution in [0.2, 0.25) is 5.02 Å². The fourth-order valence-electron chi connectivity index (χ4n) is 1.87. The van der Waals surface area contributed by atoms with Gasteiger partial charge in [-0.1, -0.05) is 16.8 Å². The molecule has 0 saturated heterocycles. The minimum atomic E-state index is 0.184. The molecule has 6 nitrogen and oxygen atoms in total. The van der Waals surface area contributed by atoms with Crippen LogP contribution in [-0.2, 0) is 13.1 Å². The van der Waals surface area contributed by atoms with Crippen LogP contribution < -0.4 is 5.73 Å². The highest BCUT2D eigenvalue weighted by Crippen LogP contribution is 2.22. The predicted molar refractivity (Wildman–Crippen MR) is 76.6 cm³/mol. The Morgan fingerprint density at radius 2 is 2.21 bits per heavy atom. The van der Waals surface area contributed by atoms with Gasteiger partial charge in [0.1, 0.15) is 0 Å². The lowest BCUT2D eigenvalue weighted by atomic mass is 10.2. The molecule has 0 bridgehead atoms. The number of hydrogen-bond acceptors (Lipinski definition) is 4. The lowest BCUT2D eigenvalue weighted by Gasteiger charge is -2.26. The third-order valence-corrected chi connectivity index (χ3v) is 3.52. The van der Waals surface area contributed by atoms with Crippen molar-refractivity contribution in [3.63, 3.8) is 0 Å². The maximum Gasteiger partial charge on any atom is 0.153 e. The van der Waals surface area contributed by atoms with Crippen LogP contribution in [0.1, 0.15) is 32.2 Å². The van der Waals surface area contributed by atoms with Gasteiger partial charge in [-0.15, -0.1) is 0 Å². The first kappa shape index (κ1) is 15.8. The summed E-state index contributed by atoms with van der Waals surface area (Å²) in [7, 11) is 0. The summed E-state index contributed by atoms with van der Waals surface area (Å²) in [6.07, 6.45) is 0. The van der Waals surface area contributed by atoms with Gasteiger partial charge >= 0.3 is 0 Å². The monoisotopic (exact) mass is 287 g/mol. The minimum Gasteiger partial charge on any atom is -0.409 e. The maximum absolute atomic E-state index is 8.68. The minimum absolute atomic E-state index is 0.184. The molecule has 0 radical (unpaired) electrons. The van der Waals surface area contributed by atoms with Gasteiger partial charge in [0.2, 0.25) is 0 Å². The first-order valence-corrected chi connectivity index (χ1v) is 6.70. The van der Waals surface area contributed by atoms with E-state index in [4.69, 9.17) is 22.5 Å². The van der Waals surface area contributed by atoms with Gasteiger partial charge in [0.25, 0.3) is 0 Å². The van der Waals surface area contributed by atoms with Crippen LogP contribution in [0.15, 0.2) is 5.16 Å². The predicted octanol–water partition coefficient (Wildman–Crippen LogP) is 1.82. The van der Waals surface area contributed by atoms with Gasteiger partial charge in [-0.3, -0.25) is 9.58 Å². The van der Waals surface area contributed by atoms with E-state index in [0.717, 1.165) is 17.9 Å². The van der Waals surface area contributed by atoms with Crippen molar-refractivity contribution >= 4 is 17.4 Å². The van der Waals surface area contributed by atoms with Crippen molar-refractivity contribution in [2.24, 2.45) is 10.9 Å². The standard InChI is InChI=1S/C12H22ClN5O/c1-5-18-10(12(13)9(4)15-18)6-17(8(2)3)7-11(14)16-19/h8,19H,5-7H2,1-4H3,(H2,14,16). The summed E-state index contributed by atoms with van der Waals surface area (Å²) in [5.74, 6) is 0.184. The van der Waals surface area contributed by atoms with E-state index in [1.54, 1.807) is 0 Å². The summed E-state index contributed by atoms with van der Waals surface area (Å²) in [6, 6.07) is 0.247.